The lowest BCUT2D eigenvalue weighted by molar-refractivity contribution is 0.294. The van der Waals surface area contributed by atoms with Crippen molar-refractivity contribution in [1.82, 2.24) is 9.55 Å². The summed E-state index contributed by atoms with van der Waals surface area (Å²) >= 11 is 0. The molecular weight excluding hydrogens is 224 g/mol. The molecule has 0 fully saturated rings. The van der Waals surface area contributed by atoms with Crippen molar-refractivity contribution in [2.45, 2.75) is 39.8 Å². The van der Waals surface area contributed by atoms with Crippen LogP contribution in [0, 0.1) is 0 Å². The Hall–Kier alpha value is -1.77. The SMILES string of the molecule is CCCn1cncc1COc1ccc(CC)cc1. The highest BCUT2D eigenvalue weighted by Gasteiger charge is 2.02. The van der Waals surface area contributed by atoms with E-state index in [1.807, 2.05) is 24.7 Å². The monoisotopic (exact) mass is 244 g/mol. The Labute approximate surface area is 108 Å². The molecule has 0 N–H and O–H groups in total. The summed E-state index contributed by atoms with van der Waals surface area (Å²) in [5, 5.41) is 0. The van der Waals surface area contributed by atoms with E-state index in [1.165, 1.54) is 5.56 Å². The molecule has 0 radical (unpaired) electrons. The van der Waals surface area contributed by atoms with Crippen LogP contribution in [0.3, 0.4) is 0 Å². The average Bonchev–Trinajstić information content (AvgIpc) is 2.85. The van der Waals surface area contributed by atoms with E-state index in [0.29, 0.717) is 6.61 Å². The van der Waals surface area contributed by atoms with Crippen LogP contribution in [0.4, 0.5) is 0 Å². The summed E-state index contributed by atoms with van der Waals surface area (Å²) in [5.41, 5.74) is 2.45. The number of rotatable bonds is 6. The molecule has 18 heavy (non-hydrogen) atoms. The molecule has 0 unspecified atom stereocenters. The molecule has 1 aromatic heterocycles. The van der Waals surface area contributed by atoms with Crippen molar-refractivity contribution in [1.29, 1.82) is 0 Å². The van der Waals surface area contributed by atoms with Gasteiger partial charge in [0.1, 0.15) is 12.4 Å². The lowest BCUT2D eigenvalue weighted by Crippen LogP contribution is -2.04. The highest BCUT2D eigenvalue weighted by Crippen LogP contribution is 2.14. The van der Waals surface area contributed by atoms with E-state index in [4.69, 9.17) is 4.74 Å². The predicted molar refractivity (Wildman–Crippen MR) is 72.7 cm³/mol. The minimum absolute atomic E-state index is 0.575. The van der Waals surface area contributed by atoms with Gasteiger partial charge in [-0.1, -0.05) is 26.0 Å². The van der Waals surface area contributed by atoms with Crippen LogP contribution < -0.4 is 4.74 Å². The first-order valence-electron chi connectivity index (χ1n) is 6.54. The molecule has 0 aliphatic rings. The maximum absolute atomic E-state index is 5.78. The van der Waals surface area contributed by atoms with Gasteiger partial charge in [0.15, 0.2) is 0 Å². The van der Waals surface area contributed by atoms with Gasteiger partial charge in [-0.3, -0.25) is 0 Å². The molecule has 3 heteroatoms. The summed E-state index contributed by atoms with van der Waals surface area (Å²) in [7, 11) is 0. The number of ether oxygens (including phenoxy) is 1. The summed E-state index contributed by atoms with van der Waals surface area (Å²) in [5.74, 6) is 0.913. The lowest BCUT2D eigenvalue weighted by Gasteiger charge is -2.09. The number of nitrogens with zero attached hydrogens (tertiary/aromatic N) is 2. The van der Waals surface area contributed by atoms with Crippen molar-refractivity contribution in [2.24, 2.45) is 0 Å². The first-order valence-corrected chi connectivity index (χ1v) is 6.54. The molecule has 1 aromatic carbocycles. The summed E-state index contributed by atoms with van der Waals surface area (Å²) in [6, 6.07) is 8.27. The molecule has 3 nitrogen and oxygen atoms in total. The molecular formula is C15H20N2O. The second-order valence-corrected chi connectivity index (χ2v) is 4.36. The van der Waals surface area contributed by atoms with Crippen LogP contribution in [0.5, 0.6) is 5.75 Å². The number of benzene rings is 1. The van der Waals surface area contributed by atoms with E-state index in [0.717, 1.165) is 30.8 Å². The van der Waals surface area contributed by atoms with Gasteiger partial charge in [0.2, 0.25) is 0 Å². The predicted octanol–water partition coefficient (Wildman–Crippen LogP) is 3.43. The highest BCUT2D eigenvalue weighted by molar-refractivity contribution is 5.27. The van der Waals surface area contributed by atoms with Crippen LogP contribution in [-0.2, 0) is 19.6 Å². The van der Waals surface area contributed by atoms with Gasteiger partial charge < -0.3 is 9.30 Å². The molecule has 1 heterocycles. The largest absolute Gasteiger partial charge is 0.487 e. The van der Waals surface area contributed by atoms with Crippen LogP contribution in [0.25, 0.3) is 0 Å². The summed E-state index contributed by atoms with van der Waals surface area (Å²) < 4.78 is 7.92. The lowest BCUT2D eigenvalue weighted by atomic mass is 10.2. The number of hydrogen-bond donors (Lipinski definition) is 0. The average molecular weight is 244 g/mol. The van der Waals surface area contributed by atoms with E-state index in [1.54, 1.807) is 0 Å². The fourth-order valence-electron chi connectivity index (χ4n) is 1.89. The van der Waals surface area contributed by atoms with Crippen molar-refractivity contribution in [3.05, 3.63) is 48.0 Å². The van der Waals surface area contributed by atoms with Gasteiger partial charge in [0, 0.05) is 6.54 Å². The Morgan fingerprint density at radius 1 is 1.17 bits per heavy atom. The third kappa shape index (κ3) is 3.13. The standard InChI is InChI=1S/C15H20N2O/c1-3-9-17-12-16-10-14(17)11-18-15-7-5-13(4-2)6-8-15/h5-8,10,12H,3-4,9,11H2,1-2H3. The first kappa shape index (κ1) is 12.7. The second-order valence-electron chi connectivity index (χ2n) is 4.36. The normalized spacial score (nSPS) is 10.6. The fraction of sp³-hybridized carbons (Fsp3) is 0.400. The zero-order chi connectivity index (χ0) is 12.8. The quantitative estimate of drug-likeness (QED) is 0.778. The van der Waals surface area contributed by atoms with Crippen molar-refractivity contribution >= 4 is 0 Å². The molecule has 0 aliphatic carbocycles. The van der Waals surface area contributed by atoms with Gasteiger partial charge in [0.05, 0.1) is 18.2 Å². The van der Waals surface area contributed by atoms with Crippen molar-refractivity contribution < 1.29 is 4.74 Å². The van der Waals surface area contributed by atoms with Crippen molar-refractivity contribution in [3.63, 3.8) is 0 Å². The van der Waals surface area contributed by atoms with Crippen LogP contribution in [0.15, 0.2) is 36.8 Å². The highest BCUT2D eigenvalue weighted by atomic mass is 16.5. The van der Waals surface area contributed by atoms with Crippen molar-refractivity contribution in [2.75, 3.05) is 0 Å². The van der Waals surface area contributed by atoms with E-state index >= 15 is 0 Å². The van der Waals surface area contributed by atoms with E-state index in [2.05, 4.69) is 35.5 Å². The van der Waals surface area contributed by atoms with Gasteiger partial charge in [0.25, 0.3) is 0 Å². The Balaban J connectivity index is 1.95. The van der Waals surface area contributed by atoms with E-state index in [-0.39, 0.29) is 0 Å². The third-order valence-electron chi connectivity index (χ3n) is 2.98. The van der Waals surface area contributed by atoms with Gasteiger partial charge in [-0.2, -0.15) is 0 Å². The molecule has 0 atom stereocenters. The molecule has 0 saturated heterocycles. The summed E-state index contributed by atoms with van der Waals surface area (Å²) in [6.07, 6.45) is 5.90. The van der Waals surface area contributed by atoms with Gasteiger partial charge in [-0.15, -0.1) is 0 Å². The van der Waals surface area contributed by atoms with E-state index in [9.17, 15) is 0 Å². The molecule has 0 saturated carbocycles. The van der Waals surface area contributed by atoms with Crippen LogP contribution in [0.1, 0.15) is 31.5 Å². The topological polar surface area (TPSA) is 27.1 Å². The number of aryl methyl sites for hydroxylation is 2. The van der Waals surface area contributed by atoms with Gasteiger partial charge in [-0.05, 0) is 30.5 Å². The minimum Gasteiger partial charge on any atom is -0.487 e. The van der Waals surface area contributed by atoms with Crippen molar-refractivity contribution in [3.8, 4) is 5.75 Å². The molecule has 2 aromatic rings. The second kappa shape index (κ2) is 6.24. The van der Waals surface area contributed by atoms with Gasteiger partial charge in [-0.25, -0.2) is 4.98 Å². The minimum atomic E-state index is 0.575. The van der Waals surface area contributed by atoms with E-state index < -0.39 is 0 Å². The Bertz CT molecular complexity index is 473. The molecule has 96 valence electrons. The van der Waals surface area contributed by atoms with Crippen LogP contribution in [-0.4, -0.2) is 9.55 Å². The number of hydrogen-bond acceptors (Lipinski definition) is 2. The molecule has 0 amide bonds. The first-order chi connectivity index (χ1) is 8.83. The Morgan fingerprint density at radius 3 is 2.61 bits per heavy atom. The summed E-state index contributed by atoms with van der Waals surface area (Å²) in [6.45, 7) is 5.88. The molecule has 0 aliphatic heterocycles. The number of imidazole rings is 1. The molecule has 0 spiro atoms. The Kier molecular flexibility index (Phi) is 4.40. The fourth-order valence-corrected chi connectivity index (χ4v) is 1.89. The smallest absolute Gasteiger partial charge is 0.130 e. The summed E-state index contributed by atoms with van der Waals surface area (Å²) in [4.78, 5) is 4.16. The maximum atomic E-state index is 5.78. The third-order valence-corrected chi connectivity index (χ3v) is 2.98. The van der Waals surface area contributed by atoms with Crippen LogP contribution >= 0.6 is 0 Å². The number of aromatic nitrogens is 2. The molecule has 2 rings (SSSR count). The maximum Gasteiger partial charge on any atom is 0.130 e. The zero-order valence-electron chi connectivity index (χ0n) is 11.1. The van der Waals surface area contributed by atoms with Crippen LogP contribution in [0.2, 0.25) is 0 Å². The Morgan fingerprint density at radius 2 is 1.94 bits per heavy atom. The zero-order valence-corrected chi connectivity index (χ0v) is 11.1. The van der Waals surface area contributed by atoms with Gasteiger partial charge >= 0.3 is 0 Å². The molecule has 0 bridgehead atoms.